The number of hydrogen-bond donors (Lipinski definition) is 0. The Hall–Kier alpha value is 0.530. The van der Waals surface area contributed by atoms with Gasteiger partial charge in [0.2, 0.25) is 0 Å². The SMILES string of the molecule is Cc1sc2c(c1Br)CSC2. The minimum absolute atomic E-state index is 1.21. The van der Waals surface area contributed by atoms with Crippen molar-refractivity contribution in [3.63, 3.8) is 0 Å². The molecule has 0 fully saturated rings. The normalized spacial score (nSPS) is 15.8. The smallest absolute Gasteiger partial charge is 0.0355 e. The summed E-state index contributed by atoms with van der Waals surface area (Å²) < 4.78 is 1.36. The molecule has 54 valence electrons. The number of aryl methyl sites for hydroxylation is 1. The molecule has 0 saturated heterocycles. The van der Waals surface area contributed by atoms with Gasteiger partial charge in [0, 0.05) is 25.7 Å². The van der Waals surface area contributed by atoms with Crippen LogP contribution in [0.5, 0.6) is 0 Å². The van der Waals surface area contributed by atoms with Gasteiger partial charge in [-0.05, 0) is 28.4 Å². The Kier molecular flexibility index (Phi) is 1.83. The predicted molar refractivity (Wildman–Crippen MR) is 51.8 cm³/mol. The number of thioether (sulfide) groups is 1. The Balaban J connectivity index is 2.59. The first-order chi connectivity index (χ1) is 4.79. The zero-order chi connectivity index (χ0) is 7.14. The lowest BCUT2D eigenvalue weighted by molar-refractivity contribution is 1.40. The van der Waals surface area contributed by atoms with Crippen molar-refractivity contribution in [1.29, 1.82) is 0 Å². The average molecular weight is 235 g/mol. The summed E-state index contributed by atoms with van der Waals surface area (Å²) in [6.07, 6.45) is 0. The van der Waals surface area contributed by atoms with Crippen LogP contribution in [0, 0.1) is 6.92 Å². The van der Waals surface area contributed by atoms with E-state index in [0.29, 0.717) is 0 Å². The Bertz CT molecular complexity index is 265. The van der Waals surface area contributed by atoms with Crippen LogP contribution in [0.2, 0.25) is 0 Å². The number of hydrogen-bond acceptors (Lipinski definition) is 2. The van der Waals surface area contributed by atoms with Gasteiger partial charge >= 0.3 is 0 Å². The third-order valence-electron chi connectivity index (χ3n) is 1.67. The number of thiophene rings is 1. The van der Waals surface area contributed by atoms with Gasteiger partial charge in [-0.3, -0.25) is 0 Å². The van der Waals surface area contributed by atoms with Crippen LogP contribution >= 0.6 is 39.0 Å². The van der Waals surface area contributed by atoms with E-state index in [1.807, 2.05) is 23.1 Å². The van der Waals surface area contributed by atoms with E-state index in [-0.39, 0.29) is 0 Å². The summed E-state index contributed by atoms with van der Waals surface area (Å²) in [7, 11) is 0. The molecular weight excluding hydrogens is 228 g/mol. The van der Waals surface area contributed by atoms with E-state index in [4.69, 9.17) is 0 Å². The van der Waals surface area contributed by atoms with Crippen LogP contribution in [-0.2, 0) is 11.5 Å². The maximum Gasteiger partial charge on any atom is 0.0355 e. The second-order valence-electron chi connectivity index (χ2n) is 2.37. The lowest BCUT2D eigenvalue weighted by atomic mass is 10.3. The summed E-state index contributed by atoms with van der Waals surface area (Å²) in [4.78, 5) is 3.01. The highest BCUT2D eigenvalue weighted by Crippen LogP contribution is 2.42. The largest absolute Gasteiger partial charge is 0.151 e. The van der Waals surface area contributed by atoms with Gasteiger partial charge in [-0.1, -0.05) is 0 Å². The Labute approximate surface area is 77.2 Å². The molecule has 2 heterocycles. The van der Waals surface area contributed by atoms with Crippen LogP contribution in [0.1, 0.15) is 15.3 Å². The molecule has 1 aromatic heterocycles. The molecule has 10 heavy (non-hydrogen) atoms. The first-order valence-electron chi connectivity index (χ1n) is 3.13. The Morgan fingerprint density at radius 3 is 2.90 bits per heavy atom. The fourth-order valence-electron chi connectivity index (χ4n) is 1.13. The van der Waals surface area contributed by atoms with E-state index in [9.17, 15) is 0 Å². The summed E-state index contributed by atoms with van der Waals surface area (Å²) in [5.74, 6) is 2.44. The molecule has 0 nitrogen and oxygen atoms in total. The molecule has 0 spiro atoms. The lowest BCUT2D eigenvalue weighted by Gasteiger charge is -1.89. The maximum absolute atomic E-state index is 3.60. The van der Waals surface area contributed by atoms with Crippen molar-refractivity contribution >= 4 is 39.0 Å². The van der Waals surface area contributed by atoms with Gasteiger partial charge in [0.1, 0.15) is 0 Å². The van der Waals surface area contributed by atoms with Crippen molar-refractivity contribution < 1.29 is 0 Å². The maximum atomic E-state index is 3.60. The molecule has 0 atom stereocenters. The zero-order valence-electron chi connectivity index (χ0n) is 5.61. The lowest BCUT2D eigenvalue weighted by Crippen LogP contribution is -1.71. The van der Waals surface area contributed by atoms with E-state index < -0.39 is 0 Å². The van der Waals surface area contributed by atoms with Crippen molar-refractivity contribution in [1.82, 2.24) is 0 Å². The van der Waals surface area contributed by atoms with Crippen LogP contribution in [0.4, 0.5) is 0 Å². The second kappa shape index (κ2) is 2.54. The fourth-order valence-corrected chi connectivity index (χ4v) is 4.51. The third kappa shape index (κ3) is 0.953. The number of rotatable bonds is 0. The molecule has 1 aliphatic rings. The van der Waals surface area contributed by atoms with E-state index in [0.717, 1.165) is 0 Å². The summed E-state index contributed by atoms with van der Waals surface area (Å²) in [5, 5.41) is 0. The number of fused-ring (bicyclic) bond motifs is 1. The molecule has 0 N–H and O–H groups in total. The quantitative estimate of drug-likeness (QED) is 0.662. The van der Waals surface area contributed by atoms with Gasteiger partial charge in [0.05, 0.1) is 0 Å². The van der Waals surface area contributed by atoms with Crippen LogP contribution in [0.15, 0.2) is 4.47 Å². The first kappa shape index (κ1) is 7.19. The molecular formula is C7H7BrS2. The van der Waals surface area contributed by atoms with E-state index in [1.54, 1.807) is 10.4 Å². The summed E-state index contributed by atoms with van der Waals surface area (Å²) in [6, 6.07) is 0. The molecule has 0 saturated carbocycles. The topological polar surface area (TPSA) is 0 Å². The van der Waals surface area contributed by atoms with E-state index >= 15 is 0 Å². The van der Waals surface area contributed by atoms with Crippen LogP contribution in [0.3, 0.4) is 0 Å². The molecule has 0 unspecified atom stereocenters. The molecule has 1 aliphatic heterocycles. The Morgan fingerprint density at radius 2 is 2.20 bits per heavy atom. The molecule has 0 bridgehead atoms. The van der Waals surface area contributed by atoms with Crippen molar-refractivity contribution in [3.8, 4) is 0 Å². The van der Waals surface area contributed by atoms with Gasteiger partial charge < -0.3 is 0 Å². The standard InChI is InChI=1S/C7H7BrS2/c1-4-7(8)5-2-9-3-6(5)10-4/h2-3H2,1H3. The van der Waals surface area contributed by atoms with Crippen molar-refractivity contribution in [2.45, 2.75) is 18.4 Å². The van der Waals surface area contributed by atoms with Gasteiger partial charge in [-0.15, -0.1) is 11.3 Å². The van der Waals surface area contributed by atoms with Crippen LogP contribution in [0.25, 0.3) is 0 Å². The summed E-state index contributed by atoms with van der Waals surface area (Å²) in [5.41, 5.74) is 1.55. The first-order valence-corrected chi connectivity index (χ1v) is 5.90. The van der Waals surface area contributed by atoms with Crippen molar-refractivity contribution in [2.75, 3.05) is 0 Å². The van der Waals surface area contributed by atoms with Gasteiger partial charge in [0.15, 0.2) is 0 Å². The van der Waals surface area contributed by atoms with E-state index in [1.165, 1.54) is 20.9 Å². The van der Waals surface area contributed by atoms with Crippen molar-refractivity contribution in [3.05, 3.63) is 19.8 Å². The minimum Gasteiger partial charge on any atom is -0.151 e. The van der Waals surface area contributed by atoms with Gasteiger partial charge in [-0.2, -0.15) is 11.8 Å². The highest BCUT2D eigenvalue weighted by molar-refractivity contribution is 9.10. The van der Waals surface area contributed by atoms with Crippen molar-refractivity contribution in [2.24, 2.45) is 0 Å². The molecule has 1 aromatic rings. The molecule has 0 amide bonds. The summed E-state index contributed by atoms with van der Waals surface area (Å²) in [6.45, 7) is 2.18. The van der Waals surface area contributed by atoms with Gasteiger partial charge in [-0.25, -0.2) is 0 Å². The molecule has 0 radical (unpaired) electrons. The molecule has 0 aromatic carbocycles. The average Bonchev–Trinajstić information content (AvgIpc) is 2.41. The van der Waals surface area contributed by atoms with Gasteiger partial charge in [0.25, 0.3) is 0 Å². The minimum atomic E-state index is 1.21. The second-order valence-corrected chi connectivity index (χ2v) is 5.45. The predicted octanol–water partition coefficient (Wildman–Crippen LogP) is 3.57. The molecule has 2 rings (SSSR count). The number of halogens is 1. The third-order valence-corrected chi connectivity index (χ3v) is 5.32. The highest BCUT2D eigenvalue weighted by Gasteiger charge is 2.18. The molecule has 3 heteroatoms. The van der Waals surface area contributed by atoms with Crippen LogP contribution < -0.4 is 0 Å². The van der Waals surface area contributed by atoms with Crippen LogP contribution in [-0.4, -0.2) is 0 Å². The van der Waals surface area contributed by atoms with E-state index in [2.05, 4.69) is 22.9 Å². The Morgan fingerprint density at radius 1 is 1.40 bits per heavy atom. The zero-order valence-corrected chi connectivity index (χ0v) is 8.83. The monoisotopic (exact) mass is 234 g/mol. The summed E-state index contributed by atoms with van der Waals surface area (Å²) >= 11 is 7.55. The molecule has 0 aliphatic carbocycles. The highest BCUT2D eigenvalue weighted by atomic mass is 79.9. The fraction of sp³-hybridized carbons (Fsp3) is 0.429.